The Morgan fingerprint density at radius 2 is 0.721 bits per heavy atom. The third kappa shape index (κ3) is 25.1. The molecule has 0 N–H and O–H groups in total. The molecule has 0 aliphatic carbocycles. The Labute approximate surface area is 272 Å². The van der Waals surface area contributed by atoms with Gasteiger partial charge in [0.1, 0.15) is 12.4 Å². The van der Waals surface area contributed by atoms with Crippen LogP contribution in [-0.4, -0.2) is 4.57 Å². The smallest absolute Gasteiger partial charge is 0.234 e. The SMILES string of the molecule is CCCCCCCCCCCCCCCCCc1n(CCCCCCCCCCCC)cc[n+]1CCCCCCCCC. The summed E-state index contributed by atoms with van der Waals surface area (Å²) in [7, 11) is 0. The highest BCUT2D eigenvalue weighted by atomic mass is 15.1. The van der Waals surface area contributed by atoms with Gasteiger partial charge in [-0.05, 0) is 32.1 Å². The maximum Gasteiger partial charge on any atom is 0.256 e. The van der Waals surface area contributed by atoms with Crippen molar-refractivity contribution in [3.05, 3.63) is 18.2 Å². The first-order chi connectivity index (χ1) is 21.3. The molecule has 2 heteroatoms. The summed E-state index contributed by atoms with van der Waals surface area (Å²) in [5.41, 5.74) is 0. The highest BCUT2D eigenvalue weighted by molar-refractivity contribution is 4.84. The molecule has 0 amide bonds. The van der Waals surface area contributed by atoms with Crippen LogP contribution in [-0.2, 0) is 19.5 Å². The summed E-state index contributed by atoms with van der Waals surface area (Å²) in [6.45, 7) is 9.40. The maximum absolute atomic E-state index is 2.63. The van der Waals surface area contributed by atoms with Gasteiger partial charge >= 0.3 is 0 Å². The molecule has 0 fully saturated rings. The fraction of sp³-hybridized carbons (Fsp3) is 0.927. The number of nitrogens with zero attached hydrogens (tertiary/aromatic N) is 2. The van der Waals surface area contributed by atoms with E-state index in [9.17, 15) is 0 Å². The van der Waals surface area contributed by atoms with Gasteiger partial charge in [-0.2, -0.15) is 0 Å². The van der Waals surface area contributed by atoms with E-state index in [1.54, 1.807) is 5.82 Å². The summed E-state index contributed by atoms with van der Waals surface area (Å²) in [6.07, 6.45) is 51.9. The molecule has 0 bridgehead atoms. The third-order valence-corrected chi connectivity index (χ3v) is 9.85. The lowest BCUT2D eigenvalue weighted by molar-refractivity contribution is -0.704. The Kier molecular flexibility index (Phi) is 30.5. The maximum atomic E-state index is 2.63. The largest absolute Gasteiger partial charge is 0.256 e. The van der Waals surface area contributed by atoms with Crippen LogP contribution in [0.4, 0.5) is 0 Å². The van der Waals surface area contributed by atoms with Crippen LogP contribution in [0.25, 0.3) is 0 Å². The molecule has 254 valence electrons. The quantitative estimate of drug-likeness (QED) is 0.0540. The molecule has 0 radical (unpaired) electrons. The van der Waals surface area contributed by atoms with Crippen molar-refractivity contribution >= 4 is 0 Å². The predicted molar refractivity (Wildman–Crippen MR) is 193 cm³/mol. The Balaban J connectivity index is 2.25. The summed E-state index contributed by atoms with van der Waals surface area (Å²) in [6, 6.07) is 0. The van der Waals surface area contributed by atoms with Crippen LogP contribution in [0.1, 0.15) is 232 Å². The van der Waals surface area contributed by atoms with Gasteiger partial charge in [0.2, 0.25) is 0 Å². The van der Waals surface area contributed by atoms with Gasteiger partial charge in [-0.3, -0.25) is 0 Å². The Hall–Kier alpha value is -0.790. The van der Waals surface area contributed by atoms with Gasteiger partial charge in [-0.25, -0.2) is 9.13 Å². The fourth-order valence-electron chi connectivity index (χ4n) is 6.86. The van der Waals surface area contributed by atoms with E-state index in [2.05, 4.69) is 42.3 Å². The van der Waals surface area contributed by atoms with E-state index >= 15 is 0 Å². The molecule has 0 aromatic carbocycles. The summed E-state index contributed by atoms with van der Waals surface area (Å²) >= 11 is 0. The molecule has 0 saturated heterocycles. The summed E-state index contributed by atoms with van der Waals surface area (Å²) < 4.78 is 5.27. The number of unbranched alkanes of at least 4 members (excludes halogenated alkanes) is 29. The molecule has 0 atom stereocenters. The summed E-state index contributed by atoms with van der Waals surface area (Å²) in [4.78, 5) is 0. The van der Waals surface area contributed by atoms with Crippen molar-refractivity contribution in [2.24, 2.45) is 0 Å². The van der Waals surface area contributed by atoms with E-state index in [0.29, 0.717) is 0 Å². The molecule has 1 heterocycles. The normalized spacial score (nSPS) is 11.6. The lowest BCUT2D eigenvalue weighted by Gasteiger charge is -2.07. The zero-order chi connectivity index (χ0) is 30.9. The molecule has 0 unspecified atom stereocenters. The van der Waals surface area contributed by atoms with Gasteiger partial charge < -0.3 is 0 Å². The van der Waals surface area contributed by atoms with Crippen molar-refractivity contribution in [1.29, 1.82) is 0 Å². The van der Waals surface area contributed by atoms with Gasteiger partial charge in [0.15, 0.2) is 0 Å². The van der Waals surface area contributed by atoms with E-state index < -0.39 is 0 Å². The van der Waals surface area contributed by atoms with E-state index in [0.717, 1.165) is 0 Å². The van der Waals surface area contributed by atoms with E-state index in [1.165, 1.54) is 225 Å². The molecule has 43 heavy (non-hydrogen) atoms. The molecule has 1 aromatic rings. The standard InChI is InChI=1S/C41H81N2/c1-4-7-10-13-16-18-20-21-22-23-24-25-27-30-33-36-41-42(37-34-31-28-15-12-9-6-3)39-40-43(41)38-35-32-29-26-19-17-14-11-8-5-2/h39-40H,4-38H2,1-3H3/q+1. The van der Waals surface area contributed by atoms with Gasteiger partial charge in [0.25, 0.3) is 5.82 Å². The molecule has 0 spiro atoms. The van der Waals surface area contributed by atoms with Crippen LogP contribution in [0.3, 0.4) is 0 Å². The Bertz CT molecular complexity index is 663. The zero-order valence-corrected chi connectivity index (χ0v) is 30.3. The van der Waals surface area contributed by atoms with Crippen molar-refractivity contribution in [1.82, 2.24) is 4.57 Å². The van der Waals surface area contributed by atoms with Crippen LogP contribution in [0.5, 0.6) is 0 Å². The lowest BCUT2D eigenvalue weighted by atomic mass is 10.0. The summed E-state index contributed by atoms with van der Waals surface area (Å²) in [5, 5.41) is 0. The van der Waals surface area contributed by atoms with Crippen LogP contribution >= 0.6 is 0 Å². The molecular formula is C41H81N2+. The van der Waals surface area contributed by atoms with Gasteiger partial charge in [0.05, 0.1) is 13.1 Å². The molecule has 1 aromatic heterocycles. The van der Waals surface area contributed by atoms with E-state index in [4.69, 9.17) is 0 Å². The van der Waals surface area contributed by atoms with Crippen molar-refractivity contribution in [3.8, 4) is 0 Å². The average Bonchev–Trinajstić information content (AvgIpc) is 3.40. The highest BCUT2D eigenvalue weighted by Crippen LogP contribution is 2.16. The number of aromatic nitrogens is 2. The van der Waals surface area contributed by atoms with Crippen LogP contribution in [0.15, 0.2) is 12.4 Å². The average molecular weight is 602 g/mol. The van der Waals surface area contributed by atoms with Crippen LogP contribution < -0.4 is 4.57 Å². The first-order valence-corrected chi connectivity index (χ1v) is 20.4. The first-order valence-electron chi connectivity index (χ1n) is 20.4. The van der Waals surface area contributed by atoms with Crippen molar-refractivity contribution in [2.75, 3.05) is 0 Å². The van der Waals surface area contributed by atoms with Gasteiger partial charge in [-0.15, -0.1) is 0 Å². The van der Waals surface area contributed by atoms with Gasteiger partial charge in [-0.1, -0.05) is 194 Å². The second kappa shape index (κ2) is 32.6. The topological polar surface area (TPSA) is 8.81 Å². The van der Waals surface area contributed by atoms with Crippen LogP contribution in [0.2, 0.25) is 0 Å². The Morgan fingerprint density at radius 3 is 1.12 bits per heavy atom. The predicted octanol–water partition coefficient (Wildman–Crippen LogP) is 13.9. The molecule has 0 aliphatic rings. The van der Waals surface area contributed by atoms with E-state index in [-0.39, 0.29) is 0 Å². The van der Waals surface area contributed by atoms with Crippen molar-refractivity contribution in [2.45, 2.75) is 246 Å². The van der Waals surface area contributed by atoms with Gasteiger partial charge in [0, 0.05) is 6.42 Å². The third-order valence-electron chi connectivity index (χ3n) is 9.85. The number of imidazole rings is 1. The number of hydrogen-bond donors (Lipinski definition) is 0. The molecule has 0 saturated carbocycles. The number of hydrogen-bond acceptors (Lipinski definition) is 0. The zero-order valence-electron chi connectivity index (χ0n) is 30.3. The second-order valence-electron chi connectivity index (χ2n) is 14.1. The Morgan fingerprint density at radius 1 is 0.395 bits per heavy atom. The minimum Gasteiger partial charge on any atom is -0.234 e. The number of rotatable bonds is 35. The fourth-order valence-corrected chi connectivity index (χ4v) is 6.86. The molecule has 2 nitrogen and oxygen atoms in total. The highest BCUT2D eigenvalue weighted by Gasteiger charge is 2.16. The van der Waals surface area contributed by atoms with Crippen LogP contribution in [0, 0.1) is 0 Å². The summed E-state index contributed by atoms with van der Waals surface area (Å²) in [5.74, 6) is 1.62. The van der Waals surface area contributed by atoms with Crippen molar-refractivity contribution in [3.63, 3.8) is 0 Å². The number of aryl methyl sites for hydroxylation is 2. The minimum absolute atomic E-state index is 1.23. The minimum atomic E-state index is 1.23. The molecule has 1 rings (SSSR count). The first kappa shape index (κ1) is 40.2. The molecule has 0 aliphatic heterocycles. The second-order valence-corrected chi connectivity index (χ2v) is 14.1. The lowest BCUT2D eigenvalue weighted by Crippen LogP contribution is -2.37. The van der Waals surface area contributed by atoms with E-state index in [1.807, 2.05) is 0 Å². The monoisotopic (exact) mass is 602 g/mol. The molecular weight excluding hydrogens is 520 g/mol. The van der Waals surface area contributed by atoms with Crippen molar-refractivity contribution < 1.29 is 4.57 Å².